The number of thiophene rings is 1. The smallest absolute Gasteiger partial charge is 0.437 e. The number of methoxy groups -OCH3 is 1. The van der Waals surface area contributed by atoms with Gasteiger partial charge in [-0.1, -0.05) is 60.7 Å². The zero-order valence-electron chi connectivity index (χ0n) is 19.6. The number of carbonyl (C=O) groups is 3. The number of ether oxygens (including phenoxy) is 3. The summed E-state index contributed by atoms with van der Waals surface area (Å²) in [5.74, 6) is -0.385. The van der Waals surface area contributed by atoms with Crippen LogP contribution in [0.4, 0.5) is 9.59 Å². The fraction of sp³-hybridized carbons (Fsp3) is 0.231. The summed E-state index contributed by atoms with van der Waals surface area (Å²) < 4.78 is 15.4. The van der Waals surface area contributed by atoms with Crippen molar-refractivity contribution in [2.24, 2.45) is 4.99 Å². The third-order valence-corrected chi connectivity index (χ3v) is 6.60. The molecular formula is C26H25N3O6S. The lowest BCUT2D eigenvalue weighted by atomic mass is 10.1. The predicted octanol–water partition coefficient (Wildman–Crippen LogP) is 4.51. The average molecular weight is 508 g/mol. The standard InChI is InChI=1S/C26H25N3O6S/c1-33-23(30)22-14-20-15-29(13-12-21(20)36-22)24(27-25(31)34-16-18-8-4-2-5-9-18)28-26(32)35-17-19-10-6-3-7-11-19/h2-11,14H,12-13,15-17H2,1H3,(H,27,28,31,32). The number of hydrogen-bond donors (Lipinski definition) is 1. The number of guanidine groups is 1. The molecular weight excluding hydrogens is 482 g/mol. The Hall–Kier alpha value is -4.18. The van der Waals surface area contributed by atoms with Crippen LogP contribution in [0.25, 0.3) is 0 Å². The Labute approximate surface area is 212 Å². The summed E-state index contributed by atoms with van der Waals surface area (Å²) in [6.45, 7) is 0.923. The second-order valence-electron chi connectivity index (χ2n) is 7.88. The number of benzene rings is 2. The number of nitrogens with zero attached hydrogens (tertiary/aromatic N) is 2. The molecule has 9 nitrogen and oxygen atoms in total. The molecule has 186 valence electrons. The fourth-order valence-corrected chi connectivity index (χ4v) is 4.66. The molecule has 4 rings (SSSR count). The van der Waals surface area contributed by atoms with Crippen LogP contribution in [0.1, 0.15) is 31.2 Å². The Kier molecular flexibility index (Phi) is 8.30. The first kappa shape index (κ1) is 24.9. The van der Waals surface area contributed by atoms with Crippen molar-refractivity contribution in [2.45, 2.75) is 26.2 Å². The number of hydrogen-bond acceptors (Lipinski definition) is 7. The van der Waals surface area contributed by atoms with Gasteiger partial charge in [0, 0.05) is 18.0 Å². The lowest BCUT2D eigenvalue weighted by Crippen LogP contribution is -2.46. The number of carbonyl (C=O) groups excluding carboxylic acids is 3. The van der Waals surface area contributed by atoms with Crippen LogP contribution in [0, 0.1) is 0 Å². The average Bonchev–Trinajstić information content (AvgIpc) is 3.35. The Morgan fingerprint density at radius 2 is 1.61 bits per heavy atom. The molecule has 0 saturated carbocycles. The van der Waals surface area contributed by atoms with E-state index < -0.39 is 18.2 Å². The third-order valence-electron chi connectivity index (χ3n) is 5.38. The first-order valence-electron chi connectivity index (χ1n) is 11.2. The molecule has 0 radical (unpaired) electrons. The van der Waals surface area contributed by atoms with Crippen LogP contribution in [-0.4, -0.2) is 42.7 Å². The van der Waals surface area contributed by atoms with Crippen molar-refractivity contribution in [2.75, 3.05) is 13.7 Å². The largest absolute Gasteiger partial charge is 0.465 e. The van der Waals surface area contributed by atoms with E-state index in [1.54, 1.807) is 11.0 Å². The number of alkyl carbamates (subject to hydrolysis) is 1. The first-order chi connectivity index (χ1) is 17.5. The van der Waals surface area contributed by atoms with Gasteiger partial charge in [0.05, 0.1) is 7.11 Å². The van der Waals surface area contributed by atoms with E-state index in [9.17, 15) is 14.4 Å². The maximum atomic E-state index is 12.6. The second kappa shape index (κ2) is 12.0. The number of fused-ring (bicyclic) bond motifs is 1. The second-order valence-corrected chi connectivity index (χ2v) is 9.02. The highest BCUT2D eigenvalue weighted by atomic mass is 32.1. The molecule has 2 heterocycles. The molecule has 10 heteroatoms. The molecule has 0 bridgehead atoms. The molecule has 36 heavy (non-hydrogen) atoms. The molecule has 0 aliphatic carbocycles. The van der Waals surface area contributed by atoms with Gasteiger partial charge in [-0.25, -0.2) is 14.4 Å². The van der Waals surface area contributed by atoms with Gasteiger partial charge in [0.1, 0.15) is 18.1 Å². The van der Waals surface area contributed by atoms with Crippen LogP contribution in [0.15, 0.2) is 71.7 Å². The van der Waals surface area contributed by atoms with Gasteiger partial charge in [0.25, 0.3) is 0 Å². The molecule has 0 unspecified atom stereocenters. The van der Waals surface area contributed by atoms with E-state index in [1.807, 2.05) is 60.7 Å². The summed E-state index contributed by atoms with van der Waals surface area (Å²) in [5, 5.41) is 2.58. The molecule has 3 aromatic rings. The van der Waals surface area contributed by atoms with Crippen molar-refractivity contribution in [3.63, 3.8) is 0 Å². The van der Waals surface area contributed by atoms with E-state index in [4.69, 9.17) is 14.2 Å². The zero-order chi connectivity index (χ0) is 25.3. The van der Waals surface area contributed by atoms with Gasteiger partial charge in [-0.05, 0) is 29.2 Å². The predicted molar refractivity (Wildman–Crippen MR) is 134 cm³/mol. The number of nitrogens with one attached hydrogen (secondary N) is 1. The van der Waals surface area contributed by atoms with Gasteiger partial charge >= 0.3 is 18.2 Å². The zero-order valence-corrected chi connectivity index (χ0v) is 20.5. The lowest BCUT2D eigenvalue weighted by molar-refractivity contribution is 0.0606. The molecule has 1 aliphatic heterocycles. The van der Waals surface area contributed by atoms with Crippen LogP contribution in [0.3, 0.4) is 0 Å². The SMILES string of the molecule is COC(=O)c1cc2c(s1)CCN(C(=NC(=O)OCc1ccccc1)NC(=O)OCc1ccccc1)C2. The first-order valence-corrected chi connectivity index (χ1v) is 12.1. The summed E-state index contributed by atoms with van der Waals surface area (Å²) in [5.41, 5.74) is 2.54. The molecule has 0 fully saturated rings. The third kappa shape index (κ3) is 6.70. The topological polar surface area (TPSA) is 107 Å². The summed E-state index contributed by atoms with van der Waals surface area (Å²) >= 11 is 1.38. The minimum Gasteiger partial charge on any atom is -0.465 e. The Balaban J connectivity index is 1.47. The minimum atomic E-state index is -0.844. The van der Waals surface area contributed by atoms with Crippen molar-refractivity contribution in [1.29, 1.82) is 0 Å². The summed E-state index contributed by atoms with van der Waals surface area (Å²) in [7, 11) is 1.34. The van der Waals surface area contributed by atoms with E-state index in [1.165, 1.54) is 18.4 Å². The van der Waals surface area contributed by atoms with Gasteiger partial charge in [0.2, 0.25) is 5.96 Å². The number of esters is 1. The van der Waals surface area contributed by atoms with Gasteiger partial charge in [0.15, 0.2) is 0 Å². The van der Waals surface area contributed by atoms with E-state index >= 15 is 0 Å². The normalized spacial score (nSPS) is 12.9. The van der Waals surface area contributed by atoms with Crippen LogP contribution in [0.5, 0.6) is 0 Å². The van der Waals surface area contributed by atoms with E-state index in [2.05, 4.69) is 10.3 Å². The summed E-state index contributed by atoms with van der Waals surface area (Å²) in [6, 6.07) is 20.2. The molecule has 1 aromatic heterocycles. The van der Waals surface area contributed by atoms with E-state index in [0.717, 1.165) is 21.6 Å². The molecule has 2 amide bonds. The van der Waals surface area contributed by atoms with Crippen molar-refractivity contribution in [1.82, 2.24) is 10.2 Å². The maximum absolute atomic E-state index is 12.6. The Morgan fingerprint density at radius 1 is 0.972 bits per heavy atom. The molecule has 0 saturated heterocycles. The molecule has 2 aromatic carbocycles. The highest BCUT2D eigenvalue weighted by molar-refractivity contribution is 7.14. The van der Waals surface area contributed by atoms with E-state index in [0.29, 0.717) is 24.4 Å². The van der Waals surface area contributed by atoms with Crippen molar-refractivity contribution in [3.05, 3.63) is 93.2 Å². The van der Waals surface area contributed by atoms with Crippen molar-refractivity contribution < 1.29 is 28.6 Å². The van der Waals surface area contributed by atoms with Crippen LogP contribution >= 0.6 is 11.3 Å². The lowest BCUT2D eigenvalue weighted by Gasteiger charge is -2.29. The Bertz CT molecular complexity index is 1240. The summed E-state index contributed by atoms with van der Waals surface area (Å²) in [4.78, 5) is 44.3. The van der Waals surface area contributed by atoms with Gasteiger partial charge in [-0.15, -0.1) is 16.3 Å². The number of aliphatic imine (C=N–C) groups is 1. The van der Waals surface area contributed by atoms with Gasteiger partial charge in [-0.2, -0.15) is 0 Å². The van der Waals surface area contributed by atoms with Crippen LogP contribution < -0.4 is 5.32 Å². The van der Waals surface area contributed by atoms with E-state index in [-0.39, 0.29) is 19.2 Å². The maximum Gasteiger partial charge on any atom is 0.437 e. The summed E-state index contributed by atoms with van der Waals surface area (Å²) in [6.07, 6.45) is -0.987. The highest BCUT2D eigenvalue weighted by Crippen LogP contribution is 2.28. The van der Waals surface area contributed by atoms with Gasteiger partial charge < -0.3 is 19.1 Å². The monoisotopic (exact) mass is 507 g/mol. The quantitative estimate of drug-likeness (QED) is 0.234. The van der Waals surface area contributed by atoms with Gasteiger partial charge in [-0.3, -0.25) is 5.32 Å². The molecule has 1 N–H and O–H groups in total. The van der Waals surface area contributed by atoms with Crippen LogP contribution in [0.2, 0.25) is 0 Å². The minimum absolute atomic E-state index is 0.0163. The van der Waals surface area contributed by atoms with Crippen LogP contribution in [-0.2, 0) is 40.4 Å². The Morgan fingerprint density at radius 3 is 2.25 bits per heavy atom. The van der Waals surface area contributed by atoms with Crippen molar-refractivity contribution in [3.8, 4) is 0 Å². The number of amides is 2. The molecule has 0 atom stereocenters. The fourth-order valence-electron chi connectivity index (χ4n) is 3.58. The highest BCUT2D eigenvalue weighted by Gasteiger charge is 2.26. The molecule has 0 spiro atoms. The molecule has 1 aliphatic rings. The number of rotatable bonds is 5. The van der Waals surface area contributed by atoms with Crippen molar-refractivity contribution >= 4 is 35.5 Å².